The molecule has 0 heterocycles. The van der Waals surface area contributed by atoms with Gasteiger partial charge in [-0.15, -0.1) is 0 Å². The summed E-state index contributed by atoms with van der Waals surface area (Å²) in [5, 5.41) is 0. The third kappa shape index (κ3) is 668. The summed E-state index contributed by atoms with van der Waals surface area (Å²) < 4.78 is 0. The summed E-state index contributed by atoms with van der Waals surface area (Å²) in [7, 11) is 0. The van der Waals surface area contributed by atoms with Gasteiger partial charge in [0.15, 0.2) is 0 Å². The maximum atomic E-state index is 0. The van der Waals surface area contributed by atoms with Crippen molar-refractivity contribution < 1.29 is 1240 Å². The summed E-state index contributed by atoms with van der Waals surface area (Å²) in [6.07, 6.45) is 0. The van der Waals surface area contributed by atoms with Gasteiger partial charge < -0.3 is 0 Å². The first-order chi connectivity index (χ1) is 0. The van der Waals surface area contributed by atoms with Crippen LogP contribution < -0.4 is 0 Å². The Morgan fingerprint density at radius 3 is 0.0308 bits per heavy atom. The van der Waals surface area contributed by atoms with E-state index < -0.39 is 0 Å². The van der Waals surface area contributed by atoms with E-state index in [0.717, 1.165) is 0 Å². The van der Waals surface area contributed by atoms with E-state index in [9.17, 15) is 0 Å². The van der Waals surface area contributed by atoms with Crippen molar-refractivity contribution in [3.63, 3.8) is 0 Å². The van der Waals surface area contributed by atoms with Crippen LogP contribution in [0, 0.1) is 0 Å². The van der Waals surface area contributed by atoms with E-state index >= 15 is 0 Å². The smallest absolute Gasteiger partial charge is 0 e. The standard InChI is InChI=1S/6CH4.59W/h6*1H4;;;;;;;;;;;;;;;;;;;;;;;;;;;;;;;;;;;;;;;;;;;;;;;;;;;;;;;;;;;. The molecule has 0 aromatic rings. The zero-order valence-corrected chi connectivity index (χ0v) is 197. The molecular weight excluding hydrogens is 10900 g/mol. The molecule has 0 unspecified atom stereocenters. The summed E-state index contributed by atoms with van der Waals surface area (Å²) in [6, 6.07) is 0. The summed E-state index contributed by atoms with van der Waals surface area (Å²) in [5.74, 6) is 0. The average molecular weight is 10900 g/mol. The van der Waals surface area contributed by atoms with E-state index in [1.165, 1.54) is 0 Å². The molecule has 0 aliphatic heterocycles. The minimum absolute atomic E-state index is 0. The van der Waals surface area contributed by atoms with Crippen molar-refractivity contribution in [3.8, 4) is 0 Å². The molecule has 59 heteroatoms. The van der Waals surface area contributed by atoms with Crippen LogP contribution in [0.1, 0.15) is 44.6 Å². The molecule has 0 fully saturated rings. The molecule has 0 aliphatic carbocycles. The number of hydrogen-bond donors (Lipinski definition) is 0. The van der Waals surface area contributed by atoms with Crippen LogP contribution in [-0.2, 0) is 1240 Å². The van der Waals surface area contributed by atoms with E-state index in [4.69, 9.17) is 0 Å². The summed E-state index contributed by atoms with van der Waals surface area (Å²) in [4.78, 5) is 0. The third-order valence-corrected chi connectivity index (χ3v) is 0. The minimum atomic E-state index is 0. The maximum Gasteiger partial charge on any atom is 0 e. The molecule has 0 aliphatic rings. The van der Waals surface area contributed by atoms with Crippen LogP contribution in [0.4, 0.5) is 0 Å². The first-order valence-corrected chi connectivity index (χ1v) is 0. The predicted molar refractivity (Wildman–Crippen MR) is 40.4 cm³/mol. The third-order valence-electron chi connectivity index (χ3n) is 0. The molecule has 0 aromatic heterocycles. The van der Waals surface area contributed by atoms with Gasteiger partial charge in [-0.25, -0.2) is 0 Å². The number of hydrogen-bond acceptors (Lipinski definition) is 0. The topological polar surface area (TPSA) is 0 Å². The molecule has 0 saturated carbocycles. The van der Waals surface area contributed by atoms with E-state index in [0.29, 0.717) is 0 Å². The van der Waals surface area contributed by atoms with Crippen molar-refractivity contribution >= 4 is 0 Å². The van der Waals surface area contributed by atoms with E-state index in [1.54, 1.807) is 0 Å². The molecular formula is C6H24W59. The van der Waals surface area contributed by atoms with Gasteiger partial charge in [-0.3, -0.25) is 0 Å². The molecule has 65 heavy (non-hydrogen) atoms. The van der Waals surface area contributed by atoms with Crippen molar-refractivity contribution in [1.82, 2.24) is 0 Å². The molecule has 402 valence electrons. The van der Waals surface area contributed by atoms with Crippen molar-refractivity contribution in [2.75, 3.05) is 0 Å². The van der Waals surface area contributed by atoms with Gasteiger partial charge in [-0.1, -0.05) is 44.6 Å². The molecule has 0 spiro atoms. The van der Waals surface area contributed by atoms with E-state index in [2.05, 4.69) is 0 Å². The minimum Gasteiger partial charge on any atom is -0.0776 e. The Kier molecular flexibility index (Phi) is 7340. The largest absolute Gasteiger partial charge is 0.0776 e. The quantitative estimate of drug-likeness (QED) is 0.348. The van der Waals surface area contributed by atoms with Crippen LogP contribution in [0.15, 0.2) is 0 Å². The Labute approximate surface area is 1250 Å². The zero-order valence-electron chi connectivity index (χ0n) is 24.1. The Morgan fingerprint density at radius 1 is 0.0308 bits per heavy atom. The molecule has 0 saturated heterocycles. The molecule has 0 N–H and O–H groups in total. The van der Waals surface area contributed by atoms with Gasteiger partial charge in [0.05, 0.1) is 0 Å². The number of rotatable bonds is 0. The van der Waals surface area contributed by atoms with Crippen LogP contribution in [0.3, 0.4) is 0 Å². The van der Waals surface area contributed by atoms with Gasteiger partial charge in [0.25, 0.3) is 0 Å². The van der Waals surface area contributed by atoms with Crippen molar-refractivity contribution in [2.45, 2.75) is 44.6 Å². The second-order valence-electron chi connectivity index (χ2n) is 0. The zero-order chi connectivity index (χ0) is 0. The normalized spacial score (nSPS) is 0. The fourth-order valence-corrected chi connectivity index (χ4v) is 0. The van der Waals surface area contributed by atoms with Crippen LogP contribution in [0.2, 0.25) is 0 Å². The Bertz CT molecular complexity index is 28.9. The average Bonchev–Trinajstić information content (AvgIpc) is 0. The van der Waals surface area contributed by atoms with Crippen LogP contribution in [-0.4, -0.2) is 0 Å². The van der Waals surface area contributed by atoms with Gasteiger partial charge in [0, 0.05) is 1240 Å². The molecule has 0 radical (unpaired) electrons. The molecule has 0 atom stereocenters. The second kappa shape index (κ2) is 681. The Hall–Kier alpha value is 40.6. The molecule has 0 aromatic carbocycles. The SMILES string of the molecule is C.C.C.C.C.C.[W].[W].[W].[W].[W].[W].[W].[W].[W].[W].[W].[W].[W].[W].[W].[W].[W].[W].[W].[W].[W].[W].[W].[W].[W].[W].[W].[W].[W].[W].[W].[W].[W].[W].[W].[W].[W].[W].[W].[W].[W].[W].[W].[W].[W].[W].[W].[W].[W].[W].[W].[W].[W].[W].[W].[W].[W].[W].[W]. The van der Waals surface area contributed by atoms with Crippen LogP contribution in [0.5, 0.6) is 0 Å². The van der Waals surface area contributed by atoms with Gasteiger partial charge in [-0.05, 0) is 0 Å². The van der Waals surface area contributed by atoms with Gasteiger partial charge in [-0.2, -0.15) is 0 Å². The summed E-state index contributed by atoms with van der Waals surface area (Å²) >= 11 is 0. The first-order valence-electron chi connectivity index (χ1n) is 0. The summed E-state index contributed by atoms with van der Waals surface area (Å²) in [5.41, 5.74) is 0. The van der Waals surface area contributed by atoms with Gasteiger partial charge >= 0.3 is 0 Å². The molecule has 0 nitrogen and oxygen atoms in total. The Balaban J connectivity index is 0. The monoisotopic (exact) mass is 10900 g/mol. The van der Waals surface area contributed by atoms with Crippen molar-refractivity contribution in [1.29, 1.82) is 0 Å². The molecule has 0 bridgehead atoms. The second-order valence-corrected chi connectivity index (χ2v) is 0. The first kappa shape index (κ1) is 701. The van der Waals surface area contributed by atoms with Crippen molar-refractivity contribution in [3.05, 3.63) is 0 Å². The van der Waals surface area contributed by atoms with Gasteiger partial charge in [0.2, 0.25) is 0 Å². The summed E-state index contributed by atoms with van der Waals surface area (Å²) in [6.45, 7) is 0. The fraction of sp³-hybridized carbons (Fsp3) is 1.00. The fourth-order valence-electron chi connectivity index (χ4n) is 0. The molecule has 0 rings (SSSR count). The maximum absolute atomic E-state index is 0. The van der Waals surface area contributed by atoms with E-state index in [1.807, 2.05) is 0 Å². The van der Waals surface area contributed by atoms with Crippen LogP contribution in [0.25, 0.3) is 0 Å². The molecule has 0 amide bonds. The Morgan fingerprint density at radius 2 is 0.0308 bits per heavy atom. The predicted octanol–water partition coefficient (Wildman–Crippen LogP) is 3.67. The van der Waals surface area contributed by atoms with Crippen molar-refractivity contribution in [2.24, 2.45) is 0 Å². The van der Waals surface area contributed by atoms with E-state index in [-0.39, 0.29) is 1290 Å². The van der Waals surface area contributed by atoms with Crippen LogP contribution >= 0.6 is 0 Å². The van der Waals surface area contributed by atoms with Gasteiger partial charge in [0.1, 0.15) is 0 Å².